The Kier molecular flexibility index (Phi) is 3.07. The maximum Gasteiger partial charge on any atom is 0.119 e. The van der Waals surface area contributed by atoms with Crippen LogP contribution in [0.25, 0.3) is 0 Å². The smallest absolute Gasteiger partial charge is 0.119 e. The second-order valence-electron chi connectivity index (χ2n) is 3.24. The van der Waals surface area contributed by atoms with Crippen LogP contribution in [0, 0.1) is 18.3 Å². The van der Waals surface area contributed by atoms with Crippen molar-refractivity contribution in [3.05, 3.63) is 17.7 Å². The van der Waals surface area contributed by atoms with Crippen molar-refractivity contribution in [1.29, 1.82) is 5.26 Å². The first-order valence-corrected chi connectivity index (χ1v) is 4.63. The number of nitriles is 1. The number of imidazole rings is 1. The molecule has 0 N–H and O–H groups in total. The molecule has 0 aliphatic heterocycles. The summed E-state index contributed by atoms with van der Waals surface area (Å²) >= 11 is 0. The van der Waals surface area contributed by atoms with E-state index in [2.05, 4.69) is 18.0 Å². The second-order valence-corrected chi connectivity index (χ2v) is 3.24. The molecule has 0 aliphatic rings. The van der Waals surface area contributed by atoms with Crippen molar-refractivity contribution in [3.8, 4) is 6.07 Å². The Morgan fingerprint density at radius 2 is 2.38 bits per heavy atom. The normalized spacial score (nSPS) is 12.5. The van der Waals surface area contributed by atoms with Crippen LogP contribution in [0.4, 0.5) is 0 Å². The quantitative estimate of drug-likeness (QED) is 0.710. The average Bonchev–Trinajstić information content (AvgIpc) is 2.46. The lowest BCUT2D eigenvalue weighted by molar-refractivity contribution is 0.649. The Labute approximate surface area is 79.0 Å². The molecule has 1 unspecified atom stereocenters. The molecule has 0 saturated carbocycles. The highest BCUT2D eigenvalue weighted by molar-refractivity contribution is 5.07. The molecule has 0 fully saturated rings. The third-order valence-electron chi connectivity index (χ3n) is 2.08. The predicted molar refractivity (Wildman–Crippen MR) is 51.3 cm³/mol. The van der Waals surface area contributed by atoms with Gasteiger partial charge in [0, 0.05) is 6.20 Å². The van der Waals surface area contributed by atoms with Gasteiger partial charge in [-0.2, -0.15) is 5.26 Å². The zero-order valence-electron chi connectivity index (χ0n) is 8.41. The van der Waals surface area contributed by atoms with Crippen molar-refractivity contribution in [3.63, 3.8) is 0 Å². The summed E-state index contributed by atoms with van der Waals surface area (Å²) in [6.07, 6.45) is 4.07. The Morgan fingerprint density at radius 1 is 1.69 bits per heavy atom. The van der Waals surface area contributed by atoms with Crippen LogP contribution in [0.5, 0.6) is 0 Å². The van der Waals surface area contributed by atoms with Crippen molar-refractivity contribution in [2.75, 3.05) is 0 Å². The second kappa shape index (κ2) is 4.08. The van der Waals surface area contributed by atoms with Crippen LogP contribution in [0.2, 0.25) is 0 Å². The number of aromatic nitrogens is 2. The first-order chi connectivity index (χ1) is 6.19. The molecule has 3 nitrogen and oxygen atoms in total. The number of rotatable bonds is 3. The number of nitrogens with zero attached hydrogens (tertiary/aromatic N) is 3. The Hall–Kier alpha value is -1.30. The maximum absolute atomic E-state index is 8.75. The molecule has 0 aromatic carbocycles. The minimum atomic E-state index is -0.113. The minimum absolute atomic E-state index is 0.113. The van der Waals surface area contributed by atoms with Crippen LogP contribution < -0.4 is 0 Å². The molecule has 13 heavy (non-hydrogen) atoms. The summed E-state index contributed by atoms with van der Waals surface area (Å²) in [5.41, 5.74) is 1.09. The van der Waals surface area contributed by atoms with Gasteiger partial charge in [0.15, 0.2) is 0 Å². The van der Waals surface area contributed by atoms with E-state index in [4.69, 9.17) is 5.26 Å². The van der Waals surface area contributed by atoms with Gasteiger partial charge in [-0.1, -0.05) is 13.3 Å². The molecule has 1 atom stereocenters. The van der Waals surface area contributed by atoms with E-state index in [1.807, 2.05) is 24.6 Å². The van der Waals surface area contributed by atoms with E-state index >= 15 is 0 Å². The molecule has 1 aromatic heterocycles. The maximum atomic E-state index is 8.75. The Balaban J connectivity index is 2.91. The number of aryl methyl sites for hydroxylation is 2. The zero-order chi connectivity index (χ0) is 9.84. The van der Waals surface area contributed by atoms with Crippen LogP contribution >= 0.6 is 0 Å². The fraction of sp³-hybridized carbons (Fsp3) is 0.600. The fourth-order valence-corrected chi connectivity index (χ4v) is 1.38. The third kappa shape index (κ3) is 2.09. The summed E-state index contributed by atoms with van der Waals surface area (Å²) in [5, 5.41) is 8.75. The molecule has 1 rings (SSSR count). The van der Waals surface area contributed by atoms with Gasteiger partial charge in [-0.3, -0.25) is 0 Å². The molecule has 70 valence electrons. The third-order valence-corrected chi connectivity index (χ3v) is 2.08. The molecule has 1 heterocycles. The zero-order valence-corrected chi connectivity index (χ0v) is 8.41. The fourth-order valence-electron chi connectivity index (χ4n) is 1.38. The summed E-state index contributed by atoms with van der Waals surface area (Å²) in [4.78, 5) is 4.38. The van der Waals surface area contributed by atoms with Gasteiger partial charge in [-0.25, -0.2) is 4.98 Å². The summed E-state index contributed by atoms with van der Waals surface area (Å²) < 4.78 is 1.92. The van der Waals surface area contributed by atoms with Gasteiger partial charge in [0.2, 0.25) is 0 Å². The Morgan fingerprint density at radius 3 is 2.92 bits per heavy atom. The Bertz CT molecular complexity index is 319. The lowest BCUT2D eigenvalue weighted by Gasteiger charge is -2.04. The van der Waals surface area contributed by atoms with E-state index in [0.29, 0.717) is 0 Å². The first kappa shape index (κ1) is 9.79. The molecule has 3 heteroatoms. The molecular formula is C10H15N3. The van der Waals surface area contributed by atoms with Gasteiger partial charge in [-0.15, -0.1) is 0 Å². The van der Waals surface area contributed by atoms with Crippen molar-refractivity contribution in [2.45, 2.75) is 39.7 Å². The van der Waals surface area contributed by atoms with E-state index in [1.165, 1.54) is 0 Å². The molecule has 0 bridgehead atoms. The van der Waals surface area contributed by atoms with E-state index in [9.17, 15) is 0 Å². The van der Waals surface area contributed by atoms with Crippen LogP contribution in [0.3, 0.4) is 0 Å². The van der Waals surface area contributed by atoms with Gasteiger partial charge in [-0.05, 0) is 20.3 Å². The van der Waals surface area contributed by atoms with Crippen molar-refractivity contribution in [2.24, 2.45) is 0 Å². The van der Waals surface area contributed by atoms with Gasteiger partial charge < -0.3 is 4.57 Å². The van der Waals surface area contributed by atoms with E-state index < -0.39 is 0 Å². The standard InChI is InChI=1S/C10H15N3/c1-4-5-10-7-13(8(2)6-11)9(3)12-10/h7-8H,4-5H2,1-3H3. The average molecular weight is 177 g/mol. The van der Waals surface area contributed by atoms with E-state index in [0.717, 1.165) is 24.4 Å². The van der Waals surface area contributed by atoms with E-state index in [1.54, 1.807) is 0 Å². The molecule has 0 saturated heterocycles. The first-order valence-electron chi connectivity index (χ1n) is 4.63. The van der Waals surface area contributed by atoms with Crippen molar-refractivity contribution in [1.82, 2.24) is 9.55 Å². The molecular weight excluding hydrogens is 162 g/mol. The van der Waals surface area contributed by atoms with Gasteiger partial charge in [0.05, 0.1) is 11.8 Å². The van der Waals surface area contributed by atoms with E-state index in [-0.39, 0.29) is 6.04 Å². The van der Waals surface area contributed by atoms with Crippen molar-refractivity contribution < 1.29 is 0 Å². The van der Waals surface area contributed by atoms with Crippen LogP contribution in [0.1, 0.15) is 37.8 Å². The highest BCUT2D eigenvalue weighted by atomic mass is 15.1. The van der Waals surface area contributed by atoms with Crippen LogP contribution in [-0.4, -0.2) is 9.55 Å². The predicted octanol–water partition coefficient (Wildman–Crippen LogP) is 2.23. The summed E-state index contributed by atoms with van der Waals surface area (Å²) in [5.74, 6) is 0.928. The van der Waals surface area contributed by atoms with Crippen LogP contribution in [-0.2, 0) is 6.42 Å². The summed E-state index contributed by atoms with van der Waals surface area (Å²) in [6.45, 7) is 5.94. The largest absolute Gasteiger partial charge is 0.319 e. The summed E-state index contributed by atoms with van der Waals surface area (Å²) in [6, 6.07) is 2.09. The molecule has 1 aromatic rings. The molecule has 0 amide bonds. The van der Waals surface area contributed by atoms with Crippen molar-refractivity contribution >= 4 is 0 Å². The summed E-state index contributed by atoms with van der Waals surface area (Å²) in [7, 11) is 0. The highest BCUT2D eigenvalue weighted by Gasteiger charge is 2.08. The highest BCUT2D eigenvalue weighted by Crippen LogP contribution is 2.11. The van der Waals surface area contributed by atoms with Gasteiger partial charge >= 0.3 is 0 Å². The molecule has 0 aliphatic carbocycles. The monoisotopic (exact) mass is 177 g/mol. The molecule has 0 radical (unpaired) electrons. The van der Waals surface area contributed by atoms with Gasteiger partial charge in [0.25, 0.3) is 0 Å². The lowest BCUT2D eigenvalue weighted by Crippen LogP contribution is -2.02. The topological polar surface area (TPSA) is 41.6 Å². The number of hydrogen-bond donors (Lipinski definition) is 0. The molecule has 0 spiro atoms. The minimum Gasteiger partial charge on any atom is -0.319 e. The SMILES string of the molecule is CCCc1cn(C(C)C#N)c(C)n1. The van der Waals surface area contributed by atoms with Crippen LogP contribution in [0.15, 0.2) is 6.20 Å². The number of hydrogen-bond acceptors (Lipinski definition) is 2. The lowest BCUT2D eigenvalue weighted by atomic mass is 10.3. The van der Waals surface area contributed by atoms with Gasteiger partial charge in [0.1, 0.15) is 11.9 Å².